The van der Waals surface area contributed by atoms with E-state index in [2.05, 4.69) is 5.32 Å². The normalized spacial score (nSPS) is 21.4. The molecule has 2 heterocycles. The van der Waals surface area contributed by atoms with Crippen LogP contribution in [0.15, 0.2) is 60.7 Å². The number of hydrogen-bond acceptors (Lipinski definition) is 2. The highest BCUT2D eigenvalue weighted by Gasteiger charge is 2.39. The SMILES string of the molecule is O=C(Nc1ccccc1)N1CC2C=CC(C1=O)c1ccc(Cl)cc12. The van der Waals surface area contributed by atoms with E-state index in [1.165, 1.54) is 4.90 Å². The van der Waals surface area contributed by atoms with Gasteiger partial charge in [-0.1, -0.05) is 48.0 Å². The number of anilines is 1. The fourth-order valence-electron chi connectivity index (χ4n) is 3.33. The van der Waals surface area contributed by atoms with Crippen LogP contribution in [-0.4, -0.2) is 23.4 Å². The zero-order valence-corrected chi connectivity index (χ0v) is 13.5. The van der Waals surface area contributed by atoms with Crippen LogP contribution in [0.2, 0.25) is 5.02 Å². The molecule has 1 aliphatic carbocycles. The van der Waals surface area contributed by atoms with Crippen LogP contribution in [-0.2, 0) is 4.79 Å². The quantitative estimate of drug-likeness (QED) is 0.794. The van der Waals surface area contributed by atoms with E-state index >= 15 is 0 Å². The molecular weight excluding hydrogens is 324 g/mol. The van der Waals surface area contributed by atoms with Crippen LogP contribution in [0.25, 0.3) is 0 Å². The molecular formula is C19H15ClN2O2. The number of halogens is 1. The zero-order valence-electron chi connectivity index (χ0n) is 12.8. The maximum Gasteiger partial charge on any atom is 0.328 e. The lowest BCUT2D eigenvalue weighted by molar-refractivity contribution is -0.128. The number of carbonyl (C=O) groups excluding carboxylic acids is 2. The van der Waals surface area contributed by atoms with Gasteiger partial charge < -0.3 is 5.32 Å². The fourth-order valence-corrected chi connectivity index (χ4v) is 3.51. The van der Waals surface area contributed by atoms with Crippen LogP contribution in [0.3, 0.4) is 0 Å². The van der Waals surface area contributed by atoms with Crippen LogP contribution >= 0.6 is 11.6 Å². The Morgan fingerprint density at radius 3 is 2.67 bits per heavy atom. The Hall–Kier alpha value is -2.59. The van der Waals surface area contributed by atoms with Crippen LogP contribution < -0.4 is 5.32 Å². The highest BCUT2D eigenvalue weighted by Crippen LogP contribution is 2.40. The topological polar surface area (TPSA) is 49.4 Å². The molecule has 2 aromatic carbocycles. The Kier molecular flexibility index (Phi) is 3.62. The van der Waals surface area contributed by atoms with Gasteiger partial charge >= 0.3 is 6.03 Å². The number of para-hydroxylation sites is 1. The molecule has 2 atom stereocenters. The van der Waals surface area contributed by atoms with Crippen molar-refractivity contribution in [1.82, 2.24) is 4.90 Å². The number of nitrogens with one attached hydrogen (secondary N) is 1. The number of hydrogen-bond donors (Lipinski definition) is 1. The van der Waals surface area contributed by atoms with Gasteiger partial charge in [0, 0.05) is 23.2 Å². The number of imide groups is 1. The third kappa shape index (κ3) is 2.49. The molecule has 0 radical (unpaired) electrons. The highest BCUT2D eigenvalue weighted by atomic mass is 35.5. The molecule has 0 saturated carbocycles. The summed E-state index contributed by atoms with van der Waals surface area (Å²) in [5.74, 6) is -0.663. The Morgan fingerprint density at radius 2 is 1.88 bits per heavy atom. The second-order valence-electron chi connectivity index (χ2n) is 5.99. The van der Waals surface area contributed by atoms with Crippen molar-refractivity contribution < 1.29 is 9.59 Å². The van der Waals surface area contributed by atoms with Gasteiger partial charge in [0.25, 0.3) is 0 Å². The summed E-state index contributed by atoms with van der Waals surface area (Å²) in [6.07, 6.45) is 3.88. The smallest absolute Gasteiger partial charge is 0.307 e. The number of amides is 3. The predicted octanol–water partition coefficient (Wildman–Crippen LogP) is 4.15. The van der Waals surface area contributed by atoms with E-state index in [0.717, 1.165) is 11.1 Å². The van der Waals surface area contributed by atoms with Crippen molar-refractivity contribution in [2.24, 2.45) is 0 Å². The van der Waals surface area contributed by atoms with Crippen molar-refractivity contribution in [2.45, 2.75) is 11.8 Å². The summed E-state index contributed by atoms with van der Waals surface area (Å²) in [4.78, 5) is 26.8. The second kappa shape index (κ2) is 5.80. The van der Waals surface area contributed by atoms with Crippen molar-refractivity contribution >= 4 is 29.2 Å². The predicted molar refractivity (Wildman–Crippen MR) is 93.2 cm³/mol. The van der Waals surface area contributed by atoms with E-state index in [0.29, 0.717) is 17.3 Å². The first kappa shape index (κ1) is 15.0. The maximum absolute atomic E-state index is 12.9. The Bertz CT molecular complexity index is 848. The molecule has 2 unspecified atom stereocenters. The molecule has 0 fully saturated rings. The molecule has 0 aromatic heterocycles. The van der Waals surface area contributed by atoms with Crippen LogP contribution in [0, 0.1) is 0 Å². The first-order valence-electron chi connectivity index (χ1n) is 7.78. The summed E-state index contributed by atoms with van der Waals surface area (Å²) in [5, 5.41) is 3.43. The van der Waals surface area contributed by atoms with Crippen LogP contribution in [0.1, 0.15) is 23.0 Å². The van der Waals surface area contributed by atoms with Gasteiger partial charge in [-0.25, -0.2) is 4.79 Å². The summed E-state index contributed by atoms with van der Waals surface area (Å²) in [7, 11) is 0. The molecule has 0 spiro atoms. The summed E-state index contributed by atoms with van der Waals surface area (Å²) in [6.45, 7) is 0.317. The number of carbonyl (C=O) groups is 2. The molecule has 120 valence electrons. The molecule has 5 heteroatoms. The van der Waals surface area contributed by atoms with Crippen molar-refractivity contribution in [3.05, 3.63) is 76.8 Å². The summed E-state index contributed by atoms with van der Waals surface area (Å²) < 4.78 is 0. The Labute approximate surface area is 144 Å². The second-order valence-corrected chi connectivity index (χ2v) is 6.42. The highest BCUT2D eigenvalue weighted by molar-refractivity contribution is 6.30. The molecule has 5 rings (SSSR count). The minimum absolute atomic E-state index is 0.0251. The van der Waals surface area contributed by atoms with Crippen LogP contribution in [0.4, 0.5) is 10.5 Å². The van der Waals surface area contributed by atoms with Crippen molar-refractivity contribution in [2.75, 3.05) is 11.9 Å². The molecule has 1 N–H and O–H groups in total. The Balaban J connectivity index is 1.65. The average Bonchev–Trinajstić information content (AvgIpc) is 2.82. The van der Waals surface area contributed by atoms with Crippen molar-refractivity contribution in [1.29, 1.82) is 0 Å². The lowest BCUT2D eigenvalue weighted by atomic mass is 9.83. The first-order chi connectivity index (χ1) is 11.6. The van der Waals surface area contributed by atoms with E-state index in [1.54, 1.807) is 18.2 Å². The van der Waals surface area contributed by atoms with E-state index in [9.17, 15) is 9.59 Å². The van der Waals surface area contributed by atoms with Crippen molar-refractivity contribution in [3.63, 3.8) is 0 Å². The monoisotopic (exact) mass is 338 g/mol. The van der Waals surface area contributed by atoms with Gasteiger partial charge in [0.2, 0.25) is 5.91 Å². The van der Waals surface area contributed by atoms with E-state index in [4.69, 9.17) is 11.6 Å². The number of nitrogens with zero attached hydrogens (tertiary/aromatic N) is 1. The molecule has 24 heavy (non-hydrogen) atoms. The number of benzene rings is 2. The van der Waals surface area contributed by atoms with Crippen LogP contribution in [0.5, 0.6) is 0 Å². The molecule has 3 amide bonds. The van der Waals surface area contributed by atoms with E-state index < -0.39 is 11.9 Å². The molecule has 3 aliphatic rings. The number of rotatable bonds is 1. The largest absolute Gasteiger partial charge is 0.328 e. The third-order valence-corrected chi connectivity index (χ3v) is 4.74. The van der Waals surface area contributed by atoms with Gasteiger partial charge in [-0.05, 0) is 35.4 Å². The molecule has 2 aromatic rings. The molecule has 2 bridgehead atoms. The third-order valence-electron chi connectivity index (χ3n) is 4.50. The maximum atomic E-state index is 12.9. The lowest BCUT2D eigenvalue weighted by Gasteiger charge is -2.21. The summed E-state index contributed by atoms with van der Waals surface area (Å²) >= 11 is 6.11. The molecule has 2 aliphatic heterocycles. The number of urea groups is 1. The van der Waals surface area contributed by atoms with Gasteiger partial charge in [-0.3, -0.25) is 9.69 Å². The van der Waals surface area contributed by atoms with Gasteiger partial charge in [-0.2, -0.15) is 0 Å². The number of fused-ring (bicyclic) bond motifs is 2. The van der Waals surface area contributed by atoms with Gasteiger partial charge in [-0.15, -0.1) is 0 Å². The van der Waals surface area contributed by atoms with Gasteiger partial charge in [0.05, 0.1) is 5.92 Å². The molecule has 4 nitrogen and oxygen atoms in total. The summed E-state index contributed by atoms with van der Waals surface area (Å²) in [5.41, 5.74) is 2.63. The standard InChI is InChI=1S/C19H15ClN2O2/c20-13-7-9-15-16-8-6-12(17(15)10-13)11-22(18(16)23)19(24)21-14-4-2-1-3-5-14/h1-10,12,16H,11H2,(H,21,24). The fraction of sp³-hybridized carbons (Fsp3) is 0.158. The summed E-state index contributed by atoms with van der Waals surface area (Å²) in [6, 6.07) is 14.3. The van der Waals surface area contributed by atoms with Gasteiger partial charge in [0.1, 0.15) is 0 Å². The average molecular weight is 339 g/mol. The minimum atomic E-state index is -0.433. The Morgan fingerprint density at radius 1 is 1.08 bits per heavy atom. The lowest BCUT2D eigenvalue weighted by Crippen LogP contribution is -2.41. The first-order valence-corrected chi connectivity index (χ1v) is 8.16. The van der Waals surface area contributed by atoms with Crippen molar-refractivity contribution in [3.8, 4) is 0 Å². The van der Waals surface area contributed by atoms with E-state index in [1.807, 2.05) is 42.5 Å². The zero-order chi connectivity index (χ0) is 16.7. The minimum Gasteiger partial charge on any atom is -0.307 e. The van der Waals surface area contributed by atoms with E-state index in [-0.39, 0.29) is 11.8 Å². The molecule has 0 saturated heterocycles. The van der Waals surface area contributed by atoms with Gasteiger partial charge in [0.15, 0.2) is 0 Å².